The van der Waals surface area contributed by atoms with Crippen LogP contribution in [0.5, 0.6) is 0 Å². The topological polar surface area (TPSA) is 82.9 Å². The van der Waals surface area contributed by atoms with Crippen molar-refractivity contribution < 1.29 is 9.90 Å². The zero-order chi connectivity index (χ0) is 16.5. The maximum atomic E-state index is 12.4. The second-order valence-corrected chi connectivity index (χ2v) is 6.93. The van der Waals surface area contributed by atoms with Gasteiger partial charge in [0, 0.05) is 35.6 Å². The predicted molar refractivity (Wildman–Crippen MR) is 93.3 cm³/mol. The number of aliphatic hydroxyl groups excluding tert-OH is 1. The van der Waals surface area contributed by atoms with Gasteiger partial charge in [-0.05, 0) is 18.1 Å². The molecule has 6 nitrogen and oxygen atoms in total. The standard InChI is InChI=1S/C17H18N4O2S/c22-10-12(7-11-8-18-14-4-2-1-3-13(11)14)19-16(23)15-9-21-5-6-24-17(21)20-15/h1-4,8-9,12,18,22H,5-7,10H2,(H,19,23). The third-order valence-corrected chi connectivity index (χ3v) is 5.20. The van der Waals surface area contributed by atoms with Gasteiger partial charge in [-0.15, -0.1) is 0 Å². The number of hydrogen-bond donors (Lipinski definition) is 3. The number of aromatic nitrogens is 3. The van der Waals surface area contributed by atoms with E-state index in [1.54, 1.807) is 18.0 Å². The first-order valence-electron chi connectivity index (χ1n) is 7.91. The Balaban J connectivity index is 1.48. The number of imidazole rings is 1. The van der Waals surface area contributed by atoms with Gasteiger partial charge in [-0.3, -0.25) is 4.79 Å². The maximum absolute atomic E-state index is 12.4. The highest BCUT2D eigenvalue weighted by Crippen LogP contribution is 2.24. The number of aryl methyl sites for hydroxylation is 1. The normalized spacial score (nSPS) is 14.7. The molecule has 1 unspecified atom stereocenters. The van der Waals surface area contributed by atoms with Crippen LogP contribution < -0.4 is 5.32 Å². The number of para-hydroxylation sites is 1. The molecule has 1 atom stereocenters. The van der Waals surface area contributed by atoms with E-state index in [0.29, 0.717) is 12.1 Å². The fraction of sp³-hybridized carbons (Fsp3) is 0.294. The molecule has 0 spiro atoms. The van der Waals surface area contributed by atoms with Gasteiger partial charge in [0.25, 0.3) is 5.91 Å². The molecule has 0 radical (unpaired) electrons. The quantitative estimate of drug-likeness (QED) is 0.660. The van der Waals surface area contributed by atoms with Crippen LogP contribution in [0.1, 0.15) is 16.1 Å². The number of nitrogens with one attached hydrogen (secondary N) is 2. The molecule has 1 aliphatic heterocycles. The Morgan fingerprint density at radius 2 is 2.33 bits per heavy atom. The molecular weight excluding hydrogens is 324 g/mol. The number of nitrogens with zero attached hydrogens (tertiary/aromatic N) is 2. The monoisotopic (exact) mass is 342 g/mol. The summed E-state index contributed by atoms with van der Waals surface area (Å²) in [7, 11) is 0. The minimum atomic E-state index is -0.346. The number of carbonyl (C=O) groups is 1. The molecule has 3 N–H and O–H groups in total. The molecule has 0 aliphatic carbocycles. The maximum Gasteiger partial charge on any atom is 0.271 e. The van der Waals surface area contributed by atoms with Crippen LogP contribution in [0.3, 0.4) is 0 Å². The van der Waals surface area contributed by atoms with Crippen LogP contribution in [0.4, 0.5) is 0 Å². The van der Waals surface area contributed by atoms with Crippen molar-refractivity contribution in [3.05, 3.63) is 47.9 Å². The zero-order valence-electron chi connectivity index (χ0n) is 13.0. The second kappa shape index (κ2) is 6.33. The van der Waals surface area contributed by atoms with E-state index in [0.717, 1.165) is 33.9 Å². The Labute approximate surface area is 143 Å². The molecular formula is C17H18N4O2S. The Bertz CT molecular complexity index is 864. The van der Waals surface area contributed by atoms with Crippen molar-refractivity contribution in [2.45, 2.75) is 24.2 Å². The fourth-order valence-corrected chi connectivity index (χ4v) is 3.95. The molecule has 2 aromatic heterocycles. The number of hydrogen-bond acceptors (Lipinski definition) is 4. The Morgan fingerprint density at radius 3 is 3.17 bits per heavy atom. The molecule has 1 amide bonds. The van der Waals surface area contributed by atoms with Crippen molar-refractivity contribution in [2.75, 3.05) is 12.4 Å². The highest BCUT2D eigenvalue weighted by Gasteiger charge is 2.21. The predicted octanol–water partition coefficient (Wildman–Crippen LogP) is 1.80. The van der Waals surface area contributed by atoms with Gasteiger partial charge in [0.15, 0.2) is 5.16 Å². The molecule has 0 saturated carbocycles. The average molecular weight is 342 g/mol. The summed E-state index contributed by atoms with van der Waals surface area (Å²) in [6.07, 6.45) is 4.28. The van der Waals surface area contributed by atoms with Crippen molar-refractivity contribution in [3.63, 3.8) is 0 Å². The molecule has 7 heteroatoms. The summed E-state index contributed by atoms with van der Waals surface area (Å²) in [4.78, 5) is 20.0. The van der Waals surface area contributed by atoms with Crippen LogP contribution in [0.25, 0.3) is 10.9 Å². The third kappa shape index (κ3) is 2.81. The van der Waals surface area contributed by atoms with Gasteiger partial charge in [0.2, 0.25) is 0 Å². The first-order valence-corrected chi connectivity index (χ1v) is 8.90. The minimum Gasteiger partial charge on any atom is -0.394 e. The molecule has 124 valence electrons. The lowest BCUT2D eigenvalue weighted by molar-refractivity contribution is 0.0911. The van der Waals surface area contributed by atoms with Gasteiger partial charge in [-0.25, -0.2) is 4.98 Å². The van der Waals surface area contributed by atoms with E-state index in [4.69, 9.17) is 0 Å². The number of carbonyl (C=O) groups excluding carboxylic acids is 1. The molecule has 1 aliphatic rings. The highest BCUT2D eigenvalue weighted by molar-refractivity contribution is 7.99. The Kier molecular flexibility index (Phi) is 4.03. The van der Waals surface area contributed by atoms with Crippen molar-refractivity contribution in [2.24, 2.45) is 0 Å². The summed E-state index contributed by atoms with van der Waals surface area (Å²) >= 11 is 1.65. The van der Waals surface area contributed by atoms with Gasteiger partial charge in [-0.2, -0.15) is 0 Å². The SMILES string of the molecule is O=C(NC(CO)Cc1c[nH]c2ccccc12)c1cn2c(n1)SCC2. The summed E-state index contributed by atoms with van der Waals surface area (Å²) in [6.45, 7) is 0.770. The number of H-pyrrole nitrogens is 1. The minimum absolute atomic E-state index is 0.117. The van der Waals surface area contributed by atoms with Gasteiger partial charge in [0.05, 0.1) is 12.6 Å². The zero-order valence-corrected chi connectivity index (χ0v) is 13.8. The van der Waals surface area contributed by atoms with Crippen molar-refractivity contribution in [3.8, 4) is 0 Å². The summed E-state index contributed by atoms with van der Waals surface area (Å²) in [5.41, 5.74) is 2.54. The molecule has 0 saturated heterocycles. The van der Waals surface area contributed by atoms with Crippen LogP contribution >= 0.6 is 11.8 Å². The molecule has 0 fully saturated rings. The van der Waals surface area contributed by atoms with E-state index in [-0.39, 0.29) is 18.6 Å². The van der Waals surface area contributed by atoms with E-state index >= 15 is 0 Å². The molecule has 3 aromatic rings. The van der Waals surface area contributed by atoms with E-state index in [1.807, 2.05) is 35.0 Å². The van der Waals surface area contributed by atoms with Gasteiger partial charge in [-0.1, -0.05) is 30.0 Å². The molecule has 1 aromatic carbocycles. The number of thioether (sulfide) groups is 1. The van der Waals surface area contributed by atoms with E-state index < -0.39 is 0 Å². The van der Waals surface area contributed by atoms with Crippen molar-refractivity contribution >= 4 is 28.6 Å². The number of aliphatic hydroxyl groups is 1. The number of benzene rings is 1. The lowest BCUT2D eigenvalue weighted by Gasteiger charge is -2.15. The van der Waals surface area contributed by atoms with Crippen LogP contribution in [-0.2, 0) is 13.0 Å². The van der Waals surface area contributed by atoms with Gasteiger partial charge >= 0.3 is 0 Å². The number of rotatable bonds is 5. The van der Waals surface area contributed by atoms with Gasteiger partial charge in [0.1, 0.15) is 5.69 Å². The molecule has 4 rings (SSSR count). The fourth-order valence-electron chi connectivity index (χ4n) is 3.01. The van der Waals surface area contributed by atoms with E-state index in [9.17, 15) is 9.90 Å². The van der Waals surface area contributed by atoms with Crippen molar-refractivity contribution in [1.29, 1.82) is 0 Å². The van der Waals surface area contributed by atoms with Crippen LogP contribution in [-0.4, -0.2) is 44.0 Å². The molecule has 0 bridgehead atoms. The van der Waals surface area contributed by atoms with Crippen LogP contribution in [0.2, 0.25) is 0 Å². The lowest BCUT2D eigenvalue weighted by atomic mass is 10.1. The summed E-state index contributed by atoms with van der Waals surface area (Å²) in [5, 5.41) is 14.5. The second-order valence-electron chi connectivity index (χ2n) is 5.87. The highest BCUT2D eigenvalue weighted by atomic mass is 32.2. The number of fused-ring (bicyclic) bond motifs is 2. The molecule has 3 heterocycles. The van der Waals surface area contributed by atoms with Crippen LogP contribution in [0, 0.1) is 0 Å². The first kappa shape index (κ1) is 15.3. The Hall–Kier alpha value is -2.25. The first-order chi connectivity index (χ1) is 11.7. The average Bonchev–Trinajstić information content (AvgIpc) is 3.28. The van der Waals surface area contributed by atoms with E-state index in [1.165, 1.54) is 0 Å². The summed E-state index contributed by atoms with van der Waals surface area (Å²) in [6, 6.07) is 7.66. The summed E-state index contributed by atoms with van der Waals surface area (Å²) in [5.74, 6) is 0.765. The van der Waals surface area contributed by atoms with Crippen LogP contribution in [0.15, 0.2) is 41.8 Å². The Morgan fingerprint density at radius 1 is 1.46 bits per heavy atom. The van der Waals surface area contributed by atoms with Gasteiger partial charge < -0.3 is 20.0 Å². The lowest BCUT2D eigenvalue weighted by Crippen LogP contribution is -2.39. The third-order valence-electron chi connectivity index (χ3n) is 4.23. The number of amides is 1. The number of aromatic amines is 1. The van der Waals surface area contributed by atoms with Crippen molar-refractivity contribution in [1.82, 2.24) is 19.9 Å². The molecule has 24 heavy (non-hydrogen) atoms. The smallest absolute Gasteiger partial charge is 0.271 e. The summed E-state index contributed by atoms with van der Waals surface area (Å²) < 4.78 is 1.99. The largest absolute Gasteiger partial charge is 0.394 e. The van der Waals surface area contributed by atoms with E-state index in [2.05, 4.69) is 15.3 Å².